The van der Waals surface area contributed by atoms with Crippen molar-refractivity contribution in [1.29, 1.82) is 0 Å². The average molecular weight is 431 g/mol. The molecule has 0 saturated heterocycles. The summed E-state index contributed by atoms with van der Waals surface area (Å²) in [6.45, 7) is 0. The molecule has 4 aromatic rings. The van der Waals surface area contributed by atoms with Crippen LogP contribution in [0.15, 0.2) is 107 Å². The van der Waals surface area contributed by atoms with Crippen molar-refractivity contribution < 1.29 is 12.3 Å². The van der Waals surface area contributed by atoms with Gasteiger partial charge in [-0.3, -0.25) is 5.01 Å². The lowest BCUT2D eigenvalue weighted by molar-refractivity contribution is 0.552. The van der Waals surface area contributed by atoms with Crippen LogP contribution in [-0.2, 0) is 10.2 Å². The second kappa shape index (κ2) is 7.63. The molecule has 5 rings (SSSR count). The number of halogens is 1. The fourth-order valence-electron chi connectivity index (χ4n) is 4.06. The largest absolute Gasteiger partial charge is 0.332 e. The van der Waals surface area contributed by atoms with Gasteiger partial charge in [-0.2, -0.15) is 13.5 Å². The van der Waals surface area contributed by atoms with Crippen molar-refractivity contribution in [3.63, 3.8) is 0 Å². The molecule has 0 radical (unpaired) electrons. The molecule has 1 aliphatic rings. The zero-order valence-corrected chi connectivity index (χ0v) is 17.3. The zero-order valence-electron chi connectivity index (χ0n) is 16.5. The van der Waals surface area contributed by atoms with Crippen LogP contribution >= 0.6 is 0 Å². The third kappa shape index (κ3) is 3.70. The molecular formula is C25H19FN2O2S. The molecule has 0 amide bonds. The van der Waals surface area contributed by atoms with Crippen molar-refractivity contribution >= 4 is 32.4 Å². The maximum Gasteiger partial charge on any atom is 0.332 e. The molecule has 1 aliphatic heterocycles. The Morgan fingerprint density at radius 3 is 2.23 bits per heavy atom. The normalized spacial score (nSPS) is 16.5. The summed E-state index contributed by atoms with van der Waals surface area (Å²) in [6, 6.07) is 30.3. The van der Waals surface area contributed by atoms with Gasteiger partial charge in [-0.1, -0.05) is 78.9 Å². The van der Waals surface area contributed by atoms with E-state index in [4.69, 9.17) is 5.10 Å². The molecule has 4 aromatic carbocycles. The highest BCUT2D eigenvalue weighted by molar-refractivity contribution is 7.86. The van der Waals surface area contributed by atoms with Gasteiger partial charge in [0, 0.05) is 11.8 Å². The molecule has 0 aliphatic carbocycles. The van der Waals surface area contributed by atoms with E-state index >= 15 is 0 Å². The molecule has 0 saturated carbocycles. The highest BCUT2D eigenvalue weighted by Crippen LogP contribution is 2.39. The van der Waals surface area contributed by atoms with E-state index in [2.05, 4.69) is 36.4 Å². The third-order valence-corrected chi connectivity index (χ3v) is 6.41. The molecule has 0 unspecified atom stereocenters. The van der Waals surface area contributed by atoms with Crippen LogP contribution in [0.1, 0.15) is 23.6 Å². The highest BCUT2D eigenvalue weighted by Gasteiger charge is 2.30. The summed E-state index contributed by atoms with van der Waals surface area (Å²) in [5.74, 6) is 0. The summed E-state index contributed by atoms with van der Waals surface area (Å²) in [4.78, 5) is -0.347. The summed E-state index contributed by atoms with van der Waals surface area (Å²) in [5.41, 5.74) is 3.74. The molecule has 4 nitrogen and oxygen atoms in total. The number of nitrogens with zero attached hydrogens (tertiary/aromatic N) is 2. The Labute approximate surface area is 180 Å². The lowest BCUT2D eigenvalue weighted by atomic mass is 9.98. The monoisotopic (exact) mass is 430 g/mol. The summed E-state index contributed by atoms with van der Waals surface area (Å²) in [5, 5.41) is 9.21. The summed E-state index contributed by atoms with van der Waals surface area (Å²) in [7, 11) is -4.73. The van der Waals surface area contributed by atoms with Crippen LogP contribution in [0.3, 0.4) is 0 Å². The number of anilines is 1. The van der Waals surface area contributed by atoms with Gasteiger partial charge >= 0.3 is 10.2 Å². The molecule has 1 heterocycles. The molecule has 6 heteroatoms. The number of rotatable bonds is 4. The van der Waals surface area contributed by atoms with E-state index in [1.54, 1.807) is 12.1 Å². The summed E-state index contributed by atoms with van der Waals surface area (Å²) >= 11 is 0. The molecule has 0 aromatic heterocycles. The van der Waals surface area contributed by atoms with E-state index in [1.807, 2.05) is 41.4 Å². The molecule has 0 bridgehead atoms. The van der Waals surface area contributed by atoms with Crippen LogP contribution in [-0.4, -0.2) is 14.1 Å². The van der Waals surface area contributed by atoms with E-state index in [1.165, 1.54) is 12.1 Å². The minimum absolute atomic E-state index is 0.00779. The SMILES string of the molecule is O=S(=O)(F)c1ccc(C2=NN(c3cccc4ccccc34)[C@@H](c3ccccc3)C2)cc1. The lowest BCUT2D eigenvalue weighted by Gasteiger charge is -2.25. The van der Waals surface area contributed by atoms with Gasteiger partial charge in [0.1, 0.15) is 0 Å². The van der Waals surface area contributed by atoms with Crippen molar-refractivity contribution in [3.8, 4) is 0 Å². The van der Waals surface area contributed by atoms with Gasteiger partial charge in [-0.15, -0.1) is 3.89 Å². The van der Waals surface area contributed by atoms with Crippen LogP contribution in [0.5, 0.6) is 0 Å². The second-order valence-electron chi connectivity index (χ2n) is 7.48. The Kier molecular flexibility index (Phi) is 4.79. The van der Waals surface area contributed by atoms with Crippen molar-refractivity contribution in [1.82, 2.24) is 0 Å². The first-order chi connectivity index (χ1) is 15.0. The Balaban J connectivity index is 1.61. The molecule has 1 atom stereocenters. The molecule has 0 N–H and O–H groups in total. The lowest BCUT2D eigenvalue weighted by Crippen LogP contribution is -2.18. The van der Waals surface area contributed by atoms with E-state index in [0.717, 1.165) is 33.3 Å². The predicted molar refractivity (Wildman–Crippen MR) is 121 cm³/mol. The maximum absolute atomic E-state index is 13.3. The maximum atomic E-state index is 13.3. The van der Waals surface area contributed by atoms with Crippen LogP contribution in [0, 0.1) is 0 Å². The van der Waals surface area contributed by atoms with Gasteiger partial charge in [-0.25, -0.2) is 0 Å². The van der Waals surface area contributed by atoms with E-state index in [-0.39, 0.29) is 10.9 Å². The Morgan fingerprint density at radius 2 is 1.48 bits per heavy atom. The van der Waals surface area contributed by atoms with Crippen molar-refractivity contribution in [2.75, 3.05) is 5.01 Å². The van der Waals surface area contributed by atoms with Crippen LogP contribution in [0.4, 0.5) is 9.57 Å². The summed E-state index contributed by atoms with van der Waals surface area (Å²) in [6.07, 6.45) is 0.648. The minimum Gasteiger partial charge on any atom is -0.257 e. The third-order valence-electron chi connectivity index (χ3n) is 5.58. The topological polar surface area (TPSA) is 49.7 Å². The van der Waals surface area contributed by atoms with Crippen LogP contribution in [0.2, 0.25) is 0 Å². The summed E-state index contributed by atoms with van der Waals surface area (Å²) < 4.78 is 35.6. The number of hydrogen-bond donors (Lipinski definition) is 0. The highest BCUT2D eigenvalue weighted by atomic mass is 32.3. The second-order valence-corrected chi connectivity index (χ2v) is 8.83. The number of fused-ring (bicyclic) bond motifs is 1. The predicted octanol–water partition coefficient (Wildman–Crippen LogP) is 5.85. The molecule has 154 valence electrons. The van der Waals surface area contributed by atoms with Gasteiger partial charge < -0.3 is 0 Å². The smallest absolute Gasteiger partial charge is 0.257 e. The van der Waals surface area contributed by atoms with Gasteiger partial charge in [0.05, 0.1) is 22.3 Å². The first kappa shape index (κ1) is 19.5. The van der Waals surface area contributed by atoms with Gasteiger partial charge in [0.25, 0.3) is 0 Å². The number of hydrazone groups is 1. The molecular weight excluding hydrogens is 411 g/mol. The molecule has 0 fully saturated rings. The van der Waals surface area contributed by atoms with Crippen molar-refractivity contribution in [2.24, 2.45) is 5.10 Å². The minimum atomic E-state index is -4.73. The first-order valence-electron chi connectivity index (χ1n) is 9.95. The van der Waals surface area contributed by atoms with E-state index in [9.17, 15) is 12.3 Å². The molecule has 0 spiro atoms. The van der Waals surface area contributed by atoms with Crippen molar-refractivity contribution in [2.45, 2.75) is 17.4 Å². The fourth-order valence-corrected chi connectivity index (χ4v) is 4.52. The Morgan fingerprint density at radius 1 is 0.806 bits per heavy atom. The van der Waals surface area contributed by atoms with E-state index < -0.39 is 10.2 Å². The standard InChI is InChI=1S/C25H19FN2O2S/c26-31(29,30)21-15-13-19(14-16-21)23-17-25(20-8-2-1-3-9-20)28(27-23)24-12-6-10-18-7-4-5-11-22(18)24/h1-16,25H,17H2/t25-/m1/s1. The van der Waals surface area contributed by atoms with Crippen LogP contribution < -0.4 is 5.01 Å². The van der Waals surface area contributed by atoms with Gasteiger partial charge in [0.15, 0.2) is 0 Å². The zero-order chi connectivity index (χ0) is 21.4. The van der Waals surface area contributed by atoms with Gasteiger partial charge in [-0.05, 0) is 34.7 Å². The van der Waals surface area contributed by atoms with Gasteiger partial charge in [0.2, 0.25) is 0 Å². The first-order valence-corrected chi connectivity index (χ1v) is 11.3. The Bertz CT molecular complexity index is 1380. The number of benzene rings is 4. The molecule has 31 heavy (non-hydrogen) atoms. The fraction of sp³-hybridized carbons (Fsp3) is 0.0800. The number of hydrogen-bond acceptors (Lipinski definition) is 4. The average Bonchev–Trinajstić information content (AvgIpc) is 3.24. The van der Waals surface area contributed by atoms with Crippen molar-refractivity contribution in [3.05, 3.63) is 108 Å². The van der Waals surface area contributed by atoms with Crippen LogP contribution in [0.25, 0.3) is 10.8 Å². The van der Waals surface area contributed by atoms with E-state index in [0.29, 0.717) is 6.42 Å². The Hall–Kier alpha value is -3.51. The quantitative estimate of drug-likeness (QED) is 0.382.